The number of aromatic nitrogens is 2. The van der Waals surface area contributed by atoms with Crippen LogP contribution >= 0.6 is 24.0 Å². The lowest BCUT2D eigenvalue weighted by Crippen LogP contribution is -2.34. The number of fused-ring (bicyclic) bond motifs is 1. The van der Waals surface area contributed by atoms with E-state index in [1.807, 2.05) is 18.2 Å². The van der Waals surface area contributed by atoms with Crippen molar-refractivity contribution in [1.29, 1.82) is 0 Å². The van der Waals surface area contributed by atoms with Crippen LogP contribution < -0.4 is 15.0 Å². The third-order valence-corrected chi connectivity index (χ3v) is 6.34. The fourth-order valence-corrected chi connectivity index (χ4v) is 4.52. The maximum Gasteiger partial charge on any atom is 0.159 e. The number of hydrogen-bond acceptors (Lipinski definition) is 6. The quantitative estimate of drug-likeness (QED) is 0.486. The summed E-state index contributed by atoms with van der Waals surface area (Å²) in [7, 11) is 1.61. The highest BCUT2D eigenvalue weighted by molar-refractivity contribution is 6.32. The second kappa shape index (κ2) is 11.0. The van der Waals surface area contributed by atoms with Gasteiger partial charge in [-0.25, -0.2) is 0 Å². The Kier molecular flexibility index (Phi) is 8.40. The number of piperidine rings is 1. The Balaban J connectivity index is 0.00000289. The van der Waals surface area contributed by atoms with E-state index >= 15 is 0 Å². The molecule has 0 bridgehead atoms. The van der Waals surface area contributed by atoms with Gasteiger partial charge in [-0.05, 0) is 55.9 Å². The third kappa shape index (κ3) is 5.37. The highest BCUT2D eigenvalue weighted by atomic mass is 35.5. The number of aliphatic hydroxyl groups is 1. The van der Waals surface area contributed by atoms with E-state index in [9.17, 15) is 5.11 Å². The summed E-state index contributed by atoms with van der Waals surface area (Å²) in [5, 5.41) is 24.6. The molecule has 0 spiro atoms. The van der Waals surface area contributed by atoms with Crippen LogP contribution in [0.5, 0.6) is 5.75 Å². The van der Waals surface area contributed by atoms with E-state index in [1.54, 1.807) is 7.11 Å². The molecule has 6 nitrogen and oxygen atoms in total. The minimum Gasteiger partial charge on any atom is -0.495 e. The van der Waals surface area contributed by atoms with Crippen molar-refractivity contribution in [2.24, 2.45) is 5.92 Å². The van der Waals surface area contributed by atoms with E-state index in [0.29, 0.717) is 23.2 Å². The van der Waals surface area contributed by atoms with E-state index in [0.717, 1.165) is 60.3 Å². The molecule has 2 heterocycles. The van der Waals surface area contributed by atoms with Gasteiger partial charge in [0, 0.05) is 37.0 Å². The molecule has 3 aromatic rings. The Morgan fingerprint density at radius 2 is 1.91 bits per heavy atom. The summed E-state index contributed by atoms with van der Waals surface area (Å²) in [6.45, 7) is 4.84. The van der Waals surface area contributed by atoms with Gasteiger partial charge < -0.3 is 20.1 Å². The normalized spacial score (nSPS) is 14.3. The summed E-state index contributed by atoms with van der Waals surface area (Å²) >= 11 is 6.26. The van der Waals surface area contributed by atoms with Crippen molar-refractivity contribution in [2.75, 3.05) is 37.0 Å². The number of benzene rings is 2. The first-order valence-corrected chi connectivity index (χ1v) is 11.2. The third-order valence-electron chi connectivity index (χ3n) is 6.04. The van der Waals surface area contributed by atoms with Crippen LogP contribution in [0.25, 0.3) is 10.8 Å². The molecule has 1 aromatic heterocycles. The van der Waals surface area contributed by atoms with Crippen LogP contribution in [0.2, 0.25) is 5.02 Å². The van der Waals surface area contributed by atoms with Crippen LogP contribution in [0.3, 0.4) is 0 Å². The zero-order valence-corrected chi connectivity index (χ0v) is 20.0. The molecule has 1 fully saturated rings. The highest BCUT2D eigenvalue weighted by Gasteiger charge is 2.22. The Hall–Kier alpha value is -2.28. The van der Waals surface area contributed by atoms with Gasteiger partial charge in [-0.1, -0.05) is 35.4 Å². The molecule has 8 heteroatoms. The number of rotatable bonds is 7. The van der Waals surface area contributed by atoms with Gasteiger partial charge in [-0.15, -0.1) is 22.6 Å². The summed E-state index contributed by atoms with van der Waals surface area (Å²) in [5.41, 5.74) is 2.23. The molecule has 32 heavy (non-hydrogen) atoms. The van der Waals surface area contributed by atoms with Crippen molar-refractivity contribution in [2.45, 2.75) is 32.7 Å². The molecule has 1 aliphatic heterocycles. The first-order valence-electron chi connectivity index (χ1n) is 10.8. The number of aryl methyl sites for hydroxylation is 1. The maximum absolute atomic E-state index is 9.22. The lowest BCUT2D eigenvalue weighted by molar-refractivity contribution is 0.240. The largest absolute Gasteiger partial charge is 0.495 e. The molecule has 0 amide bonds. The molecule has 1 aliphatic rings. The van der Waals surface area contributed by atoms with Crippen LogP contribution in [0.4, 0.5) is 11.6 Å². The van der Waals surface area contributed by atoms with Gasteiger partial charge in [-0.2, -0.15) is 0 Å². The molecular formula is C24H30Cl2N4O2. The SMILES string of the molecule is COc1ccc(CNc2nnc(N3CCC(CCO)CC3)c3ccc(C)cc23)cc1Cl.Cl. The average molecular weight is 477 g/mol. The number of nitrogens with zero attached hydrogens (tertiary/aromatic N) is 3. The summed E-state index contributed by atoms with van der Waals surface area (Å²) in [5.74, 6) is 2.97. The van der Waals surface area contributed by atoms with E-state index in [2.05, 4.69) is 45.5 Å². The average Bonchev–Trinajstić information content (AvgIpc) is 2.78. The molecule has 0 unspecified atom stereocenters. The molecule has 172 valence electrons. The lowest BCUT2D eigenvalue weighted by Gasteiger charge is -2.33. The smallest absolute Gasteiger partial charge is 0.159 e. The molecule has 0 atom stereocenters. The minimum absolute atomic E-state index is 0. The summed E-state index contributed by atoms with van der Waals surface area (Å²) in [6.07, 6.45) is 3.04. The predicted octanol–water partition coefficient (Wildman–Crippen LogP) is 5.23. The van der Waals surface area contributed by atoms with Gasteiger partial charge in [-0.3, -0.25) is 0 Å². The van der Waals surface area contributed by atoms with Crippen LogP contribution in [0.15, 0.2) is 36.4 Å². The molecule has 0 aliphatic carbocycles. The van der Waals surface area contributed by atoms with Crippen molar-refractivity contribution in [3.63, 3.8) is 0 Å². The summed E-state index contributed by atoms with van der Waals surface area (Å²) in [6, 6.07) is 12.2. The Morgan fingerprint density at radius 1 is 1.12 bits per heavy atom. The van der Waals surface area contributed by atoms with E-state index in [-0.39, 0.29) is 19.0 Å². The predicted molar refractivity (Wildman–Crippen MR) is 133 cm³/mol. The number of methoxy groups -OCH3 is 1. The van der Waals surface area contributed by atoms with E-state index in [1.165, 1.54) is 5.56 Å². The zero-order chi connectivity index (χ0) is 21.8. The number of halogens is 2. The number of nitrogens with one attached hydrogen (secondary N) is 1. The van der Waals surface area contributed by atoms with Crippen molar-refractivity contribution in [3.8, 4) is 5.75 Å². The van der Waals surface area contributed by atoms with Gasteiger partial charge in [0.2, 0.25) is 0 Å². The number of aliphatic hydroxyl groups excluding tert-OH is 1. The van der Waals surface area contributed by atoms with Crippen LogP contribution in [-0.4, -0.2) is 42.1 Å². The number of anilines is 2. The standard InChI is InChI=1S/C24H29ClN4O2.ClH/c1-16-3-5-19-20(13-16)23(26-15-18-4-6-22(31-2)21(25)14-18)27-28-24(19)29-10-7-17(8-11-29)9-12-30;/h3-6,13-14,17,30H,7-12,15H2,1-2H3,(H,26,27);1H. The Labute approximate surface area is 200 Å². The Bertz CT molecular complexity index is 1060. The molecule has 0 radical (unpaired) electrons. The second-order valence-corrected chi connectivity index (χ2v) is 8.59. The fourth-order valence-electron chi connectivity index (χ4n) is 4.24. The second-order valence-electron chi connectivity index (χ2n) is 8.19. The lowest BCUT2D eigenvalue weighted by atomic mass is 9.94. The molecule has 1 saturated heterocycles. The highest BCUT2D eigenvalue weighted by Crippen LogP contribution is 2.33. The van der Waals surface area contributed by atoms with E-state index in [4.69, 9.17) is 16.3 Å². The summed E-state index contributed by atoms with van der Waals surface area (Å²) < 4.78 is 5.23. The number of hydrogen-bond donors (Lipinski definition) is 2. The maximum atomic E-state index is 9.22. The van der Waals surface area contributed by atoms with Crippen LogP contribution in [-0.2, 0) is 6.54 Å². The molecule has 2 N–H and O–H groups in total. The van der Waals surface area contributed by atoms with Gasteiger partial charge in [0.15, 0.2) is 11.6 Å². The monoisotopic (exact) mass is 476 g/mol. The van der Waals surface area contributed by atoms with Gasteiger partial charge in [0.05, 0.1) is 12.1 Å². The van der Waals surface area contributed by atoms with Crippen molar-refractivity contribution < 1.29 is 9.84 Å². The van der Waals surface area contributed by atoms with Gasteiger partial charge in [0.25, 0.3) is 0 Å². The minimum atomic E-state index is 0. The first kappa shape index (κ1) is 24.4. The van der Waals surface area contributed by atoms with Crippen LogP contribution in [0, 0.1) is 12.8 Å². The molecule has 2 aromatic carbocycles. The fraction of sp³-hybridized carbons (Fsp3) is 0.417. The number of ether oxygens (including phenoxy) is 1. The van der Waals surface area contributed by atoms with Crippen LogP contribution in [0.1, 0.15) is 30.4 Å². The van der Waals surface area contributed by atoms with Crippen molar-refractivity contribution in [3.05, 3.63) is 52.5 Å². The molecule has 4 rings (SSSR count). The van der Waals surface area contributed by atoms with Gasteiger partial charge >= 0.3 is 0 Å². The first-order chi connectivity index (χ1) is 15.1. The Morgan fingerprint density at radius 3 is 2.59 bits per heavy atom. The molecule has 0 saturated carbocycles. The summed E-state index contributed by atoms with van der Waals surface area (Å²) in [4.78, 5) is 2.32. The van der Waals surface area contributed by atoms with Gasteiger partial charge in [0.1, 0.15) is 5.75 Å². The van der Waals surface area contributed by atoms with Crippen molar-refractivity contribution in [1.82, 2.24) is 10.2 Å². The zero-order valence-electron chi connectivity index (χ0n) is 18.5. The van der Waals surface area contributed by atoms with E-state index < -0.39 is 0 Å². The van der Waals surface area contributed by atoms with Crippen molar-refractivity contribution >= 4 is 46.4 Å². The molecular weight excluding hydrogens is 447 g/mol. The topological polar surface area (TPSA) is 70.5 Å².